The number of ether oxygens (including phenoxy) is 1. The molecule has 0 aromatic heterocycles. The molecule has 0 bridgehead atoms. The van der Waals surface area contributed by atoms with E-state index in [0.717, 1.165) is 11.8 Å². The number of nitrogens with one attached hydrogen (secondary N) is 1. The fourth-order valence-electron chi connectivity index (χ4n) is 0.709. The van der Waals surface area contributed by atoms with E-state index in [1.54, 1.807) is 31.4 Å². The standard InChI is InChI=1S/C8H7NO2.CHNO/c1-11-8-4-2-7(3-5-8)9-6-10;2-1-3/h2-5H,1H3;2H. The molecule has 5 heteroatoms. The molecule has 0 amide bonds. The molecule has 0 aliphatic rings. The highest BCUT2D eigenvalue weighted by Gasteiger charge is 1.89. The molecule has 0 radical (unpaired) electrons. The summed E-state index contributed by atoms with van der Waals surface area (Å²) in [6.45, 7) is 0. The third-order valence-corrected chi connectivity index (χ3v) is 1.25. The zero-order chi connectivity index (χ0) is 10.8. The van der Waals surface area contributed by atoms with Crippen molar-refractivity contribution in [3.05, 3.63) is 24.3 Å². The van der Waals surface area contributed by atoms with Gasteiger partial charge in [0.15, 0.2) is 0 Å². The summed E-state index contributed by atoms with van der Waals surface area (Å²) >= 11 is 0. The van der Waals surface area contributed by atoms with Crippen LogP contribution in [0.15, 0.2) is 29.3 Å². The van der Waals surface area contributed by atoms with Gasteiger partial charge in [-0.25, -0.2) is 15.0 Å². The molecule has 1 N–H and O–H groups in total. The monoisotopic (exact) mass is 192 g/mol. The summed E-state index contributed by atoms with van der Waals surface area (Å²) in [6, 6.07) is 6.83. The average molecular weight is 192 g/mol. The third kappa shape index (κ3) is 4.62. The zero-order valence-corrected chi connectivity index (χ0v) is 7.48. The predicted molar refractivity (Wildman–Crippen MR) is 49.2 cm³/mol. The molecule has 0 aliphatic heterocycles. The van der Waals surface area contributed by atoms with Crippen LogP contribution >= 0.6 is 0 Å². The first kappa shape index (κ1) is 11.8. The maximum atomic E-state index is 9.81. The molecule has 72 valence electrons. The summed E-state index contributed by atoms with van der Waals surface area (Å²) in [5.74, 6) is 0.745. The Bertz CT molecular complexity index is 347. The second-order valence-electron chi connectivity index (χ2n) is 2.00. The molecular formula is C9H8N2O3. The Morgan fingerprint density at radius 1 is 1.29 bits per heavy atom. The van der Waals surface area contributed by atoms with Crippen molar-refractivity contribution in [3.8, 4) is 5.75 Å². The number of nitrogens with zero attached hydrogens (tertiary/aromatic N) is 1. The first-order chi connectivity index (χ1) is 6.78. The van der Waals surface area contributed by atoms with E-state index in [-0.39, 0.29) is 0 Å². The number of aliphatic imine (C=N–C) groups is 1. The molecule has 1 rings (SSSR count). The van der Waals surface area contributed by atoms with Gasteiger partial charge in [0.05, 0.1) is 12.8 Å². The number of hydrogen-bond acceptors (Lipinski definition) is 5. The molecule has 0 saturated heterocycles. The van der Waals surface area contributed by atoms with Crippen LogP contribution in [0.1, 0.15) is 0 Å². The Hall–Kier alpha value is -2.22. The molecule has 1 aromatic carbocycles. The van der Waals surface area contributed by atoms with Gasteiger partial charge in [0.1, 0.15) is 5.75 Å². The van der Waals surface area contributed by atoms with E-state index in [0.29, 0.717) is 5.69 Å². The van der Waals surface area contributed by atoms with Gasteiger partial charge in [-0.1, -0.05) is 0 Å². The van der Waals surface area contributed by atoms with Crippen molar-refractivity contribution in [1.82, 2.24) is 0 Å². The molecule has 0 unspecified atom stereocenters. The number of rotatable bonds is 2. The van der Waals surface area contributed by atoms with Crippen LogP contribution in [0.2, 0.25) is 0 Å². The van der Waals surface area contributed by atoms with E-state index in [2.05, 4.69) is 4.99 Å². The van der Waals surface area contributed by atoms with Gasteiger partial charge < -0.3 is 4.74 Å². The quantitative estimate of drug-likeness (QED) is 0.570. The Morgan fingerprint density at radius 2 is 1.79 bits per heavy atom. The van der Waals surface area contributed by atoms with Crippen molar-refractivity contribution in [3.63, 3.8) is 0 Å². The van der Waals surface area contributed by atoms with E-state index in [1.165, 1.54) is 6.08 Å². The molecule has 0 spiro atoms. The van der Waals surface area contributed by atoms with Gasteiger partial charge in [0, 0.05) is 0 Å². The summed E-state index contributed by atoms with van der Waals surface area (Å²) in [4.78, 5) is 21.6. The van der Waals surface area contributed by atoms with Crippen LogP contribution in [0, 0.1) is 5.41 Å². The van der Waals surface area contributed by atoms with Crippen LogP contribution in [-0.4, -0.2) is 19.3 Å². The first-order valence-electron chi connectivity index (χ1n) is 3.54. The fourth-order valence-corrected chi connectivity index (χ4v) is 0.709. The number of hydrogen-bond donors (Lipinski definition) is 1. The van der Waals surface area contributed by atoms with Crippen molar-refractivity contribution in [2.45, 2.75) is 0 Å². The zero-order valence-electron chi connectivity index (χ0n) is 7.48. The highest BCUT2D eigenvalue weighted by Crippen LogP contribution is 2.16. The van der Waals surface area contributed by atoms with E-state index in [4.69, 9.17) is 14.9 Å². The minimum atomic E-state index is 0.584. The van der Waals surface area contributed by atoms with Gasteiger partial charge >= 0.3 is 0 Å². The van der Waals surface area contributed by atoms with Crippen LogP contribution in [0.5, 0.6) is 5.75 Å². The topological polar surface area (TPSA) is 79.6 Å². The SMILES string of the molecule is COc1ccc(N=C=O)cc1.N=C=O. The van der Waals surface area contributed by atoms with Gasteiger partial charge in [-0.2, -0.15) is 4.99 Å². The highest BCUT2D eigenvalue weighted by molar-refractivity contribution is 5.49. The van der Waals surface area contributed by atoms with Gasteiger partial charge in [-0.3, -0.25) is 0 Å². The lowest BCUT2D eigenvalue weighted by atomic mass is 10.3. The molecule has 0 aliphatic carbocycles. The van der Waals surface area contributed by atoms with E-state index in [9.17, 15) is 4.79 Å². The van der Waals surface area contributed by atoms with Gasteiger partial charge in [0.2, 0.25) is 12.2 Å². The minimum Gasteiger partial charge on any atom is -0.497 e. The van der Waals surface area contributed by atoms with Crippen LogP contribution in [0.3, 0.4) is 0 Å². The molecule has 0 atom stereocenters. The smallest absolute Gasteiger partial charge is 0.240 e. The maximum absolute atomic E-state index is 9.81. The Kier molecular flexibility index (Phi) is 6.25. The number of benzene rings is 1. The van der Waals surface area contributed by atoms with Gasteiger partial charge in [-0.15, -0.1) is 0 Å². The van der Waals surface area contributed by atoms with Crippen LogP contribution in [-0.2, 0) is 9.59 Å². The lowest BCUT2D eigenvalue weighted by Crippen LogP contribution is -1.79. The molecule has 0 fully saturated rings. The van der Waals surface area contributed by atoms with Crippen molar-refractivity contribution in [1.29, 1.82) is 5.41 Å². The minimum absolute atomic E-state index is 0.584. The third-order valence-electron chi connectivity index (χ3n) is 1.25. The van der Waals surface area contributed by atoms with Crippen molar-refractivity contribution in [2.24, 2.45) is 4.99 Å². The summed E-state index contributed by atoms with van der Waals surface area (Å²) in [7, 11) is 1.58. The second kappa shape index (κ2) is 7.43. The van der Waals surface area contributed by atoms with Gasteiger partial charge in [0.25, 0.3) is 0 Å². The van der Waals surface area contributed by atoms with Crippen molar-refractivity contribution in [2.75, 3.05) is 7.11 Å². The lowest BCUT2D eigenvalue weighted by molar-refractivity contribution is 0.415. The normalized spacial score (nSPS) is 7.21. The van der Waals surface area contributed by atoms with Crippen LogP contribution < -0.4 is 4.74 Å². The van der Waals surface area contributed by atoms with Crippen molar-refractivity contribution >= 4 is 17.8 Å². The Balaban J connectivity index is 0.000000500. The van der Waals surface area contributed by atoms with Crippen molar-refractivity contribution < 1.29 is 14.3 Å². The summed E-state index contributed by atoms with van der Waals surface area (Å²) in [5, 5.41) is 5.40. The van der Waals surface area contributed by atoms with E-state index >= 15 is 0 Å². The number of methoxy groups -OCH3 is 1. The lowest BCUT2D eigenvalue weighted by Gasteiger charge is -1.96. The summed E-state index contributed by atoms with van der Waals surface area (Å²) < 4.78 is 4.91. The molecular weight excluding hydrogens is 184 g/mol. The summed E-state index contributed by atoms with van der Waals surface area (Å²) in [6.07, 6.45) is 2.21. The maximum Gasteiger partial charge on any atom is 0.240 e. The fraction of sp³-hybridized carbons (Fsp3) is 0.111. The van der Waals surface area contributed by atoms with E-state index < -0.39 is 0 Å². The van der Waals surface area contributed by atoms with Crippen LogP contribution in [0.25, 0.3) is 0 Å². The van der Waals surface area contributed by atoms with E-state index in [1.807, 2.05) is 0 Å². The second-order valence-corrected chi connectivity index (χ2v) is 2.00. The molecule has 14 heavy (non-hydrogen) atoms. The largest absolute Gasteiger partial charge is 0.497 e. The first-order valence-corrected chi connectivity index (χ1v) is 3.54. The molecule has 5 nitrogen and oxygen atoms in total. The van der Waals surface area contributed by atoms with Crippen LogP contribution in [0.4, 0.5) is 5.69 Å². The highest BCUT2D eigenvalue weighted by atomic mass is 16.5. The predicted octanol–water partition coefficient (Wildman–Crippen LogP) is 1.56. The number of carbonyl (C=O) groups excluding carboxylic acids is 2. The molecule has 0 heterocycles. The summed E-state index contributed by atoms with van der Waals surface area (Å²) in [5.41, 5.74) is 0.584. The molecule has 0 saturated carbocycles. The Morgan fingerprint density at radius 3 is 2.14 bits per heavy atom. The number of isocyanates is 2. The molecule has 1 aromatic rings. The average Bonchev–Trinajstić information content (AvgIpc) is 2.21. The Labute approximate surface area is 80.5 Å². The van der Waals surface area contributed by atoms with Gasteiger partial charge in [-0.05, 0) is 24.3 Å².